The van der Waals surface area contributed by atoms with Gasteiger partial charge in [-0.1, -0.05) is 72.4 Å². The second-order valence-corrected chi connectivity index (χ2v) is 9.22. The van der Waals surface area contributed by atoms with Crippen molar-refractivity contribution in [2.75, 3.05) is 13.1 Å². The molecule has 1 atom stereocenters. The van der Waals surface area contributed by atoms with Gasteiger partial charge in [0, 0.05) is 13.1 Å². The number of amides is 1. The highest BCUT2D eigenvalue weighted by atomic mass is 32.2. The molecule has 3 heterocycles. The molecule has 2 aromatic heterocycles. The van der Waals surface area contributed by atoms with Crippen molar-refractivity contribution in [3.05, 3.63) is 90.2 Å². The van der Waals surface area contributed by atoms with Crippen molar-refractivity contribution < 1.29 is 9.21 Å². The summed E-state index contributed by atoms with van der Waals surface area (Å²) in [5.41, 5.74) is 2.11. The third-order valence-corrected chi connectivity index (χ3v) is 7.08. The molecular formula is C26H26N4O2S. The van der Waals surface area contributed by atoms with Crippen LogP contribution in [-0.2, 0) is 11.3 Å². The van der Waals surface area contributed by atoms with E-state index in [1.165, 1.54) is 18.2 Å². The van der Waals surface area contributed by atoms with Gasteiger partial charge in [-0.25, -0.2) is 0 Å². The Labute approximate surface area is 197 Å². The quantitative estimate of drug-likeness (QED) is 0.346. The highest BCUT2D eigenvalue weighted by Crippen LogP contribution is 2.38. The third-order valence-electron chi connectivity index (χ3n) is 5.86. The van der Waals surface area contributed by atoms with Crippen LogP contribution >= 0.6 is 11.8 Å². The van der Waals surface area contributed by atoms with Gasteiger partial charge in [-0.15, -0.1) is 10.2 Å². The molecule has 1 aliphatic rings. The molecule has 33 heavy (non-hydrogen) atoms. The topological polar surface area (TPSA) is 64.2 Å². The predicted molar refractivity (Wildman–Crippen MR) is 129 cm³/mol. The van der Waals surface area contributed by atoms with Crippen molar-refractivity contribution >= 4 is 17.7 Å². The summed E-state index contributed by atoms with van der Waals surface area (Å²) in [6, 6.07) is 23.9. The maximum absolute atomic E-state index is 13.6. The first-order chi connectivity index (χ1) is 16.3. The predicted octanol–water partition coefficient (Wildman–Crippen LogP) is 5.43. The summed E-state index contributed by atoms with van der Waals surface area (Å²) < 4.78 is 7.68. The lowest BCUT2D eigenvalue weighted by atomic mass is 10.1. The maximum atomic E-state index is 13.6. The fourth-order valence-electron chi connectivity index (χ4n) is 4.15. The van der Waals surface area contributed by atoms with Crippen molar-refractivity contribution in [3.8, 4) is 11.6 Å². The number of thioether (sulfide) groups is 1. The van der Waals surface area contributed by atoms with E-state index in [1.807, 2.05) is 70.1 Å². The lowest BCUT2D eigenvalue weighted by molar-refractivity contribution is -0.131. The summed E-state index contributed by atoms with van der Waals surface area (Å²) in [7, 11) is 0. The Morgan fingerprint density at radius 3 is 2.33 bits per heavy atom. The zero-order valence-corrected chi connectivity index (χ0v) is 19.2. The van der Waals surface area contributed by atoms with E-state index in [2.05, 4.69) is 22.3 Å². The Bertz CT molecular complexity index is 1170. The molecule has 7 heteroatoms. The summed E-state index contributed by atoms with van der Waals surface area (Å²) in [6.45, 7) is 2.22. The molecule has 6 nitrogen and oxygen atoms in total. The Hall–Kier alpha value is -3.32. The van der Waals surface area contributed by atoms with Crippen LogP contribution in [-0.4, -0.2) is 38.7 Å². The molecule has 1 fully saturated rings. The molecule has 4 aromatic rings. The zero-order chi connectivity index (χ0) is 22.5. The van der Waals surface area contributed by atoms with Gasteiger partial charge in [0.1, 0.15) is 5.25 Å². The number of hydrogen-bond acceptors (Lipinski definition) is 5. The number of aromatic nitrogens is 3. The molecule has 1 unspecified atom stereocenters. The van der Waals surface area contributed by atoms with E-state index in [1.54, 1.807) is 6.26 Å². The molecule has 1 saturated heterocycles. The van der Waals surface area contributed by atoms with E-state index in [-0.39, 0.29) is 11.2 Å². The molecule has 0 saturated carbocycles. The minimum absolute atomic E-state index is 0.139. The summed E-state index contributed by atoms with van der Waals surface area (Å²) in [5.74, 6) is 1.45. The van der Waals surface area contributed by atoms with Crippen LogP contribution in [0.3, 0.4) is 0 Å². The van der Waals surface area contributed by atoms with Crippen molar-refractivity contribution in [3.63, 3.8) is 0 Å². The minimum atomic E-state index is -0.382. The fraction of sp³-hybridized carbons (Fsp3) is 0.269. The van der Waals surface area contributed by atoms with Crippen LogP contribution < -0.4 is 0 Å². The lowest BCUT2D eigenvalue weighted by Gasteiger charge is -2.30. The SMILES string of the molecule is O=C(C(Sc1nnc(-c2ccco2)n1Cc1ccccc1)c1ccccc1)N1CCCCC1. The first-order valence-corrected chi connectivity index (χ1v) is 12.2. The van der Waals surface area contributed by atoms with Gasteiger partial charge in [0.05, 0.1) is 12.8 Å². The molecule has 0 bridgehead atoms. The highest BCUT2D eigenvalue weighted by molar-refractivity contribution is 8.00. The number of rotatable bonds is 7. The van der Waals surface area contributed by atoms with Gasteiger partial charge < -0.3 is 9.32 Å². The first-order valence-electron chi connectivity index (χ1n) is 11.3. The molecule has 5 rings (SSSR count). The Morgan fingerprint density at radius 1 is 0.909 bits per heavy atom. The molecule has 0 spiro atoms. The Morgan fingerprint density at radius 2 is 1.64 bits per heavy atom. The van der Waals surface area contributed by atoms with Crippen molar-refractivity contribution in [2.45, 2.75) is 36.2 Å². The van der Waals surface area contributed by atoms with Crippen LogP contribution in [0.15, 0.2) is 88.6 Å². The average Bonchev–Trinajstić information content (AvgIpc) is 3.54. The number of benzene rings is 2. The number of carbonyl (C=O) groups is 1. The number of carbonyl (C=O) groups excluding carboxylic acids is 1. The summed E-state index contributed by atoms with van der Waals surface area (Å²) in [6.07, 6.45) is 4.94. The van der Waals surface area contributed by atoms with Crippen LogP contribution in [0.4, 0.5) is 0 Å². The first kappa shape index (κ1) is 21.5. The molecule has 0 aliphatic carbocycles. The smallest absolute Gasteiger partial charge is 0.240 e. The zero-order valence-electron chi connectivity index (χ0n) is 18.3. The van der Waals surface area contributed by atoms with Gasteiger partial charge in [-0.3, -0.25) is 9.36 Å². The second kappa shape index (κ2) is 10.1. The average molecular weight is 459 g/mol. The largest absolute Gasteiger partial charge is 0.461 e. The van der Waals surface area contributed by atoms with Gasteiger partial charge in [0.15, 0.2) is 10.9 Å². The number of piperidine rings is 1. The molecular weight excluding hydrogens is 432 g/mol. The van der Waals surface area contributed by atoms with Gasteiger partial charge in [0.2, 0.25) is 11.7 Å². The van der Waals surface area contributed by atoms with Gasteiger partial charge in [-0.2, -0.15) is 0 Å². The maximum Gasteiger partial charge on any atom is 0.240 e. The molecule has 2 aromatic carbocycles. The Kier molecular flexibility index (Phi) is 6.58. The van der Waals surface area contributed by atoms with E-state index in [9.17, 15) is 4.79 Å². The van der Waals surface area contributed by atoms with Crippen LogP contribution in [0.5, 0.6) is 0 Å². The molecule has 0 N–H and O–H groups in total. The van der Waals surface area contributed by atoms with E-state index in [0.29, 0.717) is 23.3 Å². The van der Waals surface area contributed by atoms with Gasteiger partial charge in [0.25, 0.3) is 0 Å². The fourth-order valence-corrected chi connectivity index (χ4v) is 5.27. The van der Waals surface area contributed by atoms with Gasteiger partial charge >= 0.3 is 0 Å². The third kappa shape index (κ3) is 4.88. The number of likely N-dealkylation sites (tertiary alicyclic amines) is 1. The Balaban J connectivity index is 1.51. The molecule has 0 radical (unpaired) electrons. The van der Waals surface area contributed by atoms with E-state index < -0.39 is 0 Å². The van der Waals surface area contributed by atoms with Crippen LogP contribution in [0.2, 0.25) is 0 Å². The van der Waals surface area contributed by atoms with Crippen LogP contribution in [0.1, 0.15) is 35.6 Å². The van der Waals surface area contributed by atoms with Crippen molar-refractivity contribution in [1.29, 1.82) is 0 Å². The van der Waals surface area contributed by atoms with Gasteiger partial charge in [-0.05, 0) is 42.5 Å². The van der Waals surface area contributed by atoms with Crippen molar-refractivity contribution in [2.24, 2.45) is 0 Å². The van der Waals surface area contributed by atoms with E-state index in [4.69, 9.17) is 4.42 Å². The summed E-state index contributed by atoms with van der Waals surface area (Å²) in [4.78, 5) is 15.6. The monoisotopic (exact) mass is 458 g/mol. The standard InChI is InChI=1S/C26H26N4O2S/c31-25(29-16-8-3-9-17-29)23(21-13-6-2-7-14-21)33-26-28-27-24(22-15-10-18-32-22)30(26)19-20-11-4-1-5-12-20/h1-2,4-7,10-15,18,23H,3,8-9,16-17,19H2. The number of nitrogens with zero attached hydrogens (tertiary/aromatic N) is 4. The van der Waals surface area contributed by atoms with Crippen LogP contribution in [0, 0.1) is 0 Å². The summed E-state index contributed by atoms with van der Waals surface area (Å²) in [5, 5.41) is 9.27. The van der Waals surface area contributed by atoms with Crippen molar-refractivity contribution in [1.82, 2.24) is 19.7 Å². The minimum Gasteiger partial charge on any atom is -0.461 e. The van der Waals surface area contributed by atoms with Crippen LogP contribution in [0.25, 0.3) is 11.6 Å². The molecule has 168 valence electrons. The number of furan rings is 1. The van der Waals surface area contributed by atoms with E-state index in [0.717, 1.165) is 37.1 Å². The highest BCUT2D eigenvalue weighted by Gasteiger charge is 2.30. The van der Waals surface area contributed by atoms with E-state index >= 15 is 0 Å². The second-order valence-electron chi connectivity index (χ2n) is 8.15. The number of hydrogen-bond donors (Lipinski definition) is 0. The normalized spacial score (nSPS) is 14.8. The molecule has 1 amide bonds. The summed E-state index contributed by atoms with van der Waals surface area (Å²) >= 11 is 1.46. The molecule has 1 aliphatic heterocycles. The lowest BCUT2D eigenvalue weighted by Crippen LogP contribution is -2.38.